The largest absolute Gasteiger partial charge is 0.478 e. The number of aromatic amines is 1. The maximum absolute atomic E-state index is 11.3. The summed E-state index contributed by atoms with van der Waals surface area (Å²) < 4.78 is 2.05. The molecule has 4 aromatic rings. The number of aromatic nitrogens is 3. The predicted molar refractivity (Wildman–Crippen MR) is 85.0 cm³/mol. The van der Waals surface area contributed by atoms with E-state index in [1.807, 2.05) is 42.1 Å². The van der Waals surface area contributed by atoms with Crippen LogP contribution < -0.4 is 0 Å². The van der Waals surface area contributed by atoms with Crippen LogP contribution in [0.3, 0.4) is 0 Å². The minimum absolute atomic E-state index is 0.233. The van der Waals surface area contributed by atoms with Crippen molar-refractivity contribution in [3.8, 4) is 11.3 Å². The molecule has 0 aliphatic carbocycles. The van der Waals surface area contributed by atoms with Gasteiger partial charge in [-0.3, -0.25) is 5.10 Å². The predicted octanol–water partition coefficient (Wildman–Crippen LogP) is 3.42. The second kappa shape index (κ2) is 4.46. The third-order valence-corrected chi connectivity index (χ3v) is 3.98. The molecule has 4 rings (SSSR count). The molecule has 0 aliphatic rings. The van der Waals surface area contributed by atoms with Crippen molar-refractivity contribution in [1.82, 2.24) is 14.8 Å². The lowest BCUT2D eigenvalue weighted by Gasteiger charge is -1.98. The van der Waals surface area contributed by atoms with Crippen LogP contribution in [-0.2, 0) is 7.05 Å². The lowest BCUT2D eigenvalue weighted by Crippen LogP contribution is -1.96. The molecule has 0 spiro atoms. The Hall–Kier alpha value is -3.08. The zero-order chi connectivity index (χ0) is 15.3. The number of aromatic carboxylic acids is 1. The molecule has 2 N–H and O–H groups in total. The van der Waals surface area contributed by atoms with Gasteiger partial charge in [-0.2, -0.15) is 5.10 Å². The van der Waals surface area contributed by atoms with Crippen LogP contribution in [0, 0.1) is 0 Å². The Bertz CT molecular complexity index is 1030. The first-order valence-electron chi connectivity index (χ1n) is 6.91. The second-order valence-corrected chi connectivity index (χ2v) is 5.28. The van der Waals surface area contributed by atoms with Gasteiger partial charge in [0.15, 0.2) is 0 Å². The van der Waals surface area contributed by atoms with Crippen molar-refractivity contribution >= 4 is 27.8 Å². The Kier molecular flexibility index (Phi) is 2.56. The molecule has 0 atom stereocenters. The van der Waals surface area contributed by atoms with Crippen LogP contribution in [0.1, 0.15) is 10.4 Å². The fraction of sp³-hybridized carbons (Fsp3) is 0.0588. The Morgan fingerprint density at radius 3 is 2.73 bits per heavy atom. The first-order chi connectivity index (χ1) is 10.7. The molecule has 0 aliphatic heterocycles. The molecular formula is C17H13N3O2. The number of rotatable bonds is 2. The number of nitrogens with one attached hydrogen (secondary N) is 1. The van der Waals surface area contributed by atoms with E-state index in [1.165, 1.54) is 0 Å². The smallest absolute Gasteiger partial charge is 0.337 e. The molecule has 2 aromatic heterocycles. The van der Waals surface area contributed by atoms with Crippen molar-refractivity contribution in [3.05, 3.63) is 54.2 Å². The number of benzene rings is 2. The summed E-state index contributed by atoms with van der Waals surface area (Å²) in [6, 6.07) is 13.3. The molecule has 2 heterocycles. The van der Waals surface area contributed by atoms with E-state index in [4.69, 9.17) is 0 Å². The van der Waals surface area contributed by atoms with Crippen LogP contribution in [0.15, 0.2) is 48.7 Å². The van der Waals surface area contributed by atoms with E-state index >= 15 is 0 Å². The number of fused-ring (bicyclic) bond motifs is 2. The summed E-state index contributed by atoms with van der Waals surface area (Å²) >= 11 is 0. The summed E-state index contributed by atoms with van der Waals surface area (Å²) in [6.45, 7) is 0. The molecule has 0 unspecified atom stereocenters. The average Bonchev–Trinajstić information content (AvgIpc) is 3.09. The number of carbonyl (C=O) groups is 1. The highest BCUT2D eigenvalue weighted by molar-refractivity contribution is 6.08. The molecule has 0 fully saturated rings. The van der Waals surface area contributed by atoms with Gasteiger partial charge >= 0.3 is 5.97 Å². The molecule has 0 saturated heterocycles. The van der Waals surface area contributed by atoms with Gasteiger partial charge in [0.25, 0.3) is 0 Å². The number of hydrogen-bond donors (Lipinski definition) is 2. The number of carboxylic acid groups (broad SMARTS) is 1. The van der Waals surface area contributed by atoms with E-state index in [1.54, 1.807) is 12.1 Å². The SMILES string of the molecule is Cn1cc(-c2n[nH]c3c(C(=O)O)cccc23)c2ccccc21. The standard InChI is InChI=1S/C17H13N3O2/c1-20-9-13(10-5-2-3-8-14(10)20)16-11-6-4-7-12(17(21)22)15(11)18-19-16/h2-9H,1H3,(H,18,19)(H,21,22). The molecule has 0 bridgehead atoms. The van der Waals surface area contributed by atoms with E-state index in [-0.39, 0.29) is 5.56 Å². The van der Waals surface area contributed by atoms with E-state index in [2.05, 4.69) is 16.3 Å². The third kappa shape index (κ3) is 1.65. The quantitative estimate of drug-likeness (QED) is 0.594. The number of H-pyrrole nitrogens is 1. The number of nitrogens with zero attached hydrogens (tertiary/aromatic N) is 2. The van der Waals surface area contributed by atoms with E-state index in [0.29, 0.717) is 5.52 Å². The zero-order valence-electron chi connectivity index (χ0n) is 11.9. The molecule has 0 amide bonds. The van der Waals surface area contributed by atoms with Crippen molar-refractivity contribution in [2.24, 2.45) is 7.05 Å². The summed E-state index contributed by atoms with van der Waals surface area (Å²) in [7, 11) is 1.99. The van der Waals surface area contributed by atoms with E-state index < -0.39 is 5.97 Å². The summed E-state index contributed by atoms with van der Waals surface area (Å²) in [5, 5.41) is 18.4. The van der Waals surface area contributed by atoms with Gasteiger partial charge in [0.1, 0.15) is 5.69 Å². The van der Waals surface area contributed by atoms with Gasteiger partial charge in [0.2, 0.25) is 0 Å². The van der Waals surface area contributed by atoms with E-state index in [9.17, 15) is 9.90 Å². The first-order valence-corrected chi connectivity index (χ1v) is 6.91. The topological polar surface area (TPSA) is 70.9 Å². The first kappa shape index (κ1) is 12.6. The molecule has 0 radical (unpaired) electrons. The summed E-state index contributed by atoms with van der Waals surface area (Å²) in [4.78, 5) is 11.3. The highest BCUT2D eigenvalue weighted by Gasteiger charge is 2.17. The highest BCUT2D eigenvalue weighted by Crippen LogP contribution is 2.34. The number of hydrogen-bond acceptors (Lipinski definition) is 2. The van der Waals surface area contributed by atoms with Crippen molar-refractivity contribution in [2.75, 3.05) is 0 Å². The summed E-state index contributed by atoms with van der Waals surface area (Å²) in [5.41, 5.74) is 3.67. The molecule has 22 heavy (non-hydrogen) atoms. The van der Waals surface area contributed by atoms with Crippen LogP contribution in [0.2, 0.25) is 0 Å². The van der Waals surface area contributed by atoms with Gasteiger partial charge in [-0.25, -0.2) is 4.79 Å². The summed E-state index contributed by atoms with van der Waals surface area (Å²) in [5.74, 6) is -0.960. The minimum Gasteiger partial charge on any atom is -0.478 e. The minimum atomic E-state index is -0.960. The van der Waals surface area contributed by atoms with Gasteiger partial charge in [-0.05, 0) is 12.1 Å². The fourth-order valence-corrected chi connectivity index (χ4v) is 2.96. The van der Waals surface area contributed by atoms with Gasteiger partial charge in [0, 0.05) is 35.1 Å². The monoisotopic (exact) mass is 291 g/mol. The molecule has 108 valence electrons. The molecule has 5 nitrogen and oxygen atoms in total. The third-order valence-electron chi connectivity index (χ3n) is 3.98. The van der Waals surface area contributed by atoms with Crippen LogP contribution in [0.4, 0.5) is 0 Å². The van der Waals surface area contributed by atoms with E-state index in [0.717, 1.165) is 27.5 Å². The van der Waals surface area contributed by atoms with Crippen molar-refractivity contribution in [1.29, 1.82) is 0 Å². The Morgan fingerprint density at radius 2 is 1.91 bits per heavy atom. The van der Waals surface area contributed by atoms with Gasteiger partial charge in [0.05, 0.1) is 11.1 Å². The van der Waals surface area contributed by atoms with Gasteiger partial charge < -0.3 is 9.67 Å². The maximum atomic E-state index is 11.3. The Morgan fingerprint density at radius 1 is 1.14 bits per heavy atom. The highest BCUT2D eigenvalue weighted by atomic mass is 16.4. The molecule has 2 aromatic carbocycles. The molecular weight excluding hydrogens is 278 g/mol. The number of aryl methyl sites for hydroxylation is 1. The maximum Gasteiger partial charge on any atom is 0.337 e. The van der Waals surface area contributed by atoms with Crippen molar-refractivity contribution in [2.45, 2.75) is 0 Å². The molecule has 5 heteroatoms. The Balaban J connectivity index is 2.06. The van der Waals surface area contributed by atoms with Crippen molar-refractivity contribution in [3.63, 3.8) is 0 Å². The lowest BCUT2D eigenvalue weighted by atomic mass is 10.0. The van der Waals surface area contributed by atoms with Crippen molar-refractivity contribution < 1.29 is 9.90 Å². The number of carboxylic acids is 1. The van der Waals surface area contributed by atoms with Crippen LogP contribution in [0.25, 0.3) is 33.1 Å². The van der Waals surface area contributed by atoms with Crippen LogP contribution >= 0.6 is 0 Å². The normalized spacial score (nSPS) is 11.3. The van der Waals surface area contributed by atoms with Gasteiger partial charge in [-0.1, -0.05) is 30.3 Å². The van der Waals surface area contributed by atoms with Crippen LogP contribution in [0.5, 0.6) is 0 Å². The second-order valence-electron chi connectivity index (χ2n) is 5.28. The lowest BCUT2D eigenvalue weighted by molar-refractivity contribution is 0.0699. The summed E-state index contributed by atoms with van der Waals surface area (Å²) in [6.07, 6.45) is 2.02. The number of para-hydroxylation sites is 2. The Labute approximate surface area is 125 Å². The van der Waals surface area contributed by atoms with Crippen LogP contribution in [-0.4, -0.2) is 25.8 Å². The molecule has 0 saturated carbocycles. The van der Waals surface area contributed by atoms with Gasteiger partial charge in [-0.15, -0.1) is 0 Å². The average molecular weight is 291 g/mol. The zero-order valence-corrected chi connectivity index (χ0v) is 11.9. The fourth-order valence-electron chi connectivity index (χ4n) is 2.96.